The highest BCUT2D eigenvalue weighted by Crippen LogP contribution is 2.57. The highest BCUT2D eigenvalue weighted by atomic mass is 79.9. The number of ether oxygens (including phenoxy) is 2. The van der Waals surface area contributed by atoms with E-state index in [-0.39, 0.29) is 30.2 Å². The SMILES string of the molecule is Brc1cncc2ccccc12.C.C.C.CB(O)O.COc1cccc(OC)c1-c1ccccc1P(C1CCCCC1)C1CCCCC1.Cc1cncc2ccccc12. The lowest BCUT2D eigenvalue weighted by molar-refractivity contribution is 0.397. The Morgan fingerprint density at radius 1 is 0.603 bits per heavy atom. The number of fused-ring (bicyclic) bond motifs is 2. The van der Waals surface area contributed by atoms with Crippen LogP contribution >= 0.6 is 23.9 Å². The molecule has 0 saturated heterocycles. The van der Waals surface area contributed by atoms with Crippen LogP contribution in [0.25, 0.3) is 32.7 Å². The van der Waals surface area contributed by atoms with Crippen molar-refractivity contribution in [2.75, 3.05) is 14.2 Å². The molecule has 2 aliphatic carbocycles. The van der Waals surface area contributed by atoms with Crippen molar-refractivity contribution in [1.82, 2.24) is 9.97 Å². The maximum Gasteiger partial charge on any atom is 0.448 e. The number of aryl methyl sites for hydroxylation is 1. The Balaban J connectivity index is 0.000000328. The molecule has 0 amide bonds. The highest BCUT2D eigenvalue weighted by Gasteiger charge is 2.34. The predicted octanol–water partition coefficient (Wildman–Crippen LogP) is 13.7. The minimum atomic E-state index is -1.17. The Kier molecular flexibility index (Phi) is 22.8. The molecule has 0 atom stereocenters. The van der Waals surface area contributed by atoms with Crippen molar-refractivity contribution in [2.45, 2.75) is 112 Å². The molecule has 2 aliphatic rings. The molecular weight excluding hydrogens is 802 g/mol. The second kappa shape index (κ2) is 26.3. The molecule has 2 N–H and O–H groups in total. The number of halogens is 1. The van der Waals surface area contributed by atoms with Gasteiger partial charge in [0.2, 0.25) is 0 Å². The quantitative estimate of drug-likeness (QED) is 0.128. The first-order chi connectivity index (χ1) is 26.8. The van der Waals surface area contributed by atoms with Gasteiger partial charge in [-0.15, -0.1) is 0 Å². The van der Waals surface area contributed by atoms with Crippen molar-refractivity contribution in [3.8, 4) is 22.6 Å². The van der Waals surface area contributed by atoms with Gasteiger partial charge in [0.1, 0.15) is 11.5 Å². The summed E-state index contributed by atoms with van der Waals surface area (Å²) in [5.41, 5.74) is 5.46. The maximum absolute atomic E-state index is 7.61. The first-order valence-corrected chi connectivity index (χ1v) is 21.8. The summed E-state index contributed by atoms with van der Waals surface area (Å²) in [6.07, 6.45) is 21.6. The Bertz CT molecular complexity index is 1940. The summed E-state index contributed by atoms with van der Waals surface area (Å²) in [7, 11) is 2.19. The molecular formula is C49H67BBrN2O4P. The molecule has 0 unspecified atom stereocenters. The van der Waals surface area contributed by atoms with Crippen molar-refractivity contribution in [3.05, 3.63) is 126 Å². The molecule has 2 heterocycles. The molecule has 6 aromatic rings. The average Bonchev–Trinajstić information content (AvgIpc) is 3.22. The summed E-state index contributed by atoms with van der Waals surface area (Å²) < 4.78 is 12.6. The van der Waals surface area contributed by atoms with Gasteiger partial charge in [-0.2, -0.15) is 0 Å². The molecule has 0 aliphatic heterocycles. The Morgan fingerprint density at radius 3 is 1.55 bits per heavy atom. The standard InChI is InChI=1S/C26H35O2P.C10H9N.C9H6BrN.CH5BO2.3CH4/c1-27-23-17-11-18-24(28-2)26(23)22-16-9-10-19-25(22)29(20-12-5-3-6-13-20)21-14-7-4-8-15-21;1-8-6-11-7-9-4-2-3-5-10(8)9;10-9-6-11-5-7-3-1-2-4-8(7)9;1-2(3)4;;;/h9-11,16-21H,3-8,12-15H2,1-2H3;2-7H,1H3;1-6H;3-4H,1H3;3*1H4. The van der Waals surface area contributed by atoms with Crippen LogP contribution in [0.4, 0.5) is 0 Å². The van der Waals surface area contributed by atoms with Crippen molar-refractivity contribution >= 4 is 57.8 Å². The van der Waals surface area contributed by atoms with E-state index in [1.807, 2.05) is 55.1 Å². The van der Waals surface area contributed by atoms with E-state index < -0.39 is 7.12 Å². The van der Waals surface area contributed by atoms with Gasteiger partial charge < -0.3 is 19.5 Å². The van der Waals surface area contributed by atoms with Crippen LogP contribution in [0.5, 0.6) is 11.5 Å². The molecule has 2 aromatic heterocycles. The molecule has 58 heavy (non-hydrogen) atoms. The molecule has 2 fully saturated rings. The van der Waals surface area contributed by atoms with Crippen LogP contribution in [0, 0.1) is 6.92 Å². The third-order valence-corrected chi connectivity index (χ3v) is 14.5. The molecule has 2 saturated carbocycles. The monoisotopic (exact) mass is 868 g/mol. The molecule has 8 rings (SSSR count). The number of aromatic nitrogens is 2. The maximum atomic E-state index is 7.61. The van der Waals surface area contributed by atoms with Crippen molar-refractivity contribution in [2.24, 2.45) is 0 Å². The molecule has 4 aromatic carbocycles. The van der Waals surface area contributed by atoms with E-state index >= 15 is 0 Å². The van der Waals surface area contributed by atoms with E-state index in [2.05, 4.69) is 93.5 Å². The Morgan fingerprint density at radius 2 is 1.05 bits per heavy atom. The van der Waals surface area contributed by atoms with Crippen LogP contribution in [0.1, 0.15) is 92.1 Å². The minimum absolute atomic E-state index is 0. The summed E-state index contributed by atoms with van der Waals surface area (Å²) >= 11 is 3.43. The first-order valence-electron chi connectivity index (χ1n) is 19.5. The van der Waals surface area contributed by atoms with Crippen LogP contribution in [-0.4, -0.2) is 52.7 Å². The van der Waals surface area contributed by atoms with Crippen molar-refractivity contribution in [3.63, 3.8) is 0 Å². The minimum Gasteiger partial charge on any atom is -0.496 e. The normalized spacial score (nSPS) is 13.7. The van der Waals surface area contributed by atoms with E-state index in [9.17, 15) is 0 Å². The van der Waals surface area contributed by atoms with Crippen LogP contribution in [0.15, 0.2) is 120 Å². The van der Waals surface area contributed by atoms with Gasteiger partial charge in [-0.1, -0.05) is 148 Å². The fourth-order valence-corrected chi connectivity index (χ4v) is 12.2. The van der Waals surface area contributed by atoms with Crippen LogP contribution in [0.3, 0.4) is 0 Å². The summed E-state index contributed by atoms with van der Waals surface area (Å²) in [5.74, 6) is 1.83. The summed E-state index contributed by atoms with van der Waals surface area (Å²) in [4.78, 5) is 8.18. The highest BCUT2D eigenvalue weighted by molar-refractivity contribution is 9.10. The molecule has 0 spiro atoms. The second-order valence-corrected chi connectivity index (χ2v) is 17.8. The van der Waals surface area contributed by atoms with E-state index in [1.165, 1.54) is 104 Å². The summed E-state index contributed by atoms with van der Waals surface area (Å²) in [6.45, 7) is 3.36. The van der Waals surface area contributed by atoms with Gasteiger partial charge in [-0.05, 0) is 106 Å². The van der Waals surface area contributed by atoms with E-state index in [4.69, 9.17) is 19.5 Å². The fourth-order valence-electron chi connectivity index (χ4n) is 7.78. The molecule has 0 radical (unpaired) electrons. The topological polar surface area (TPSA) is 84.7 Å². The van der Waals surface area contributed by atoms with Gasteiger partial charge in [0, 0.05) is 40.0 Å². The van der Waals surface area contributed by atoms with Gasteiger partial charge in [0.05, 0.1) is 19.8 Å². The third-order valence-electron chi connectivity index (χ3n) is 10.3. The van der Waals surface area contributed by atoms with Gasteiger partial charge in [0.25, 0.3) is 0 Å². The van der Waals surface area contributed by atoms with Crippen molar-refractivity contribution < 1.29 is 19.5 Å². The van der Waals surface area contributed by atoms with Crippen LogP contribution in [-0.2, 0) is 0 Å². The molecule has 0 bridgehead atoms. The first kappa shape index (κ1) is 50.3. The number of methoxy groups -OCH3 is 2. The summed E-state index contributed by atoms with van der Waals surface area (Å²) in [5, 5.41) is 21.7. The van der Waals surface area contributed by atoms with E-state index in [0.717, 1.165) is 32.9 Å². The zero-order chi connectivity index (χ0) is 39.0. The van der Waals surface area contributed by atoms with Crippen LogP contribution in [0.2, 0.25) is 6.82 Å². The van der Waals surface area contributed by atoms with Gasteiger partial charge in [0.15, 0.2) is 0 Å². The number of pyridine rings is 2. The second-order valence-electron chi connectivity index (χ2n) is 14.2. The lowest BCUT2D eigenvalue weighted by Gasteiger charge is -2.39. The fraction of sp³-hybridized carbons (Fsp3) is 0.388. The lowest BCUT2D eigenvalue weighted by Crippen LogP contribution is -2.27. The number of hydrogen-bond acceptors (Lipinski definition) is 6. The number of rotatable bonds is 6. The largest absolute Gasteiger partial charge is 0.496 e. The molecule has 9 heteroatoms. The van der Waals surface area contributed by atoms with Crippen molar-refractivity contribution in [1.29, 1.82) is 0 Å². The number of hydrogen-bond donors (Lipinski definition) is 2. The Labute approximate surface area is 359 Å². The average molecular weight is 870 g/mol. The lowest BCUT2D eigenvalue weighted by atomic mass is 9.99. The van der Waals surface area contributed by atoms with Gasteiger partial charge in [-0.25, -0.2) is 0 Å². The van der Waals surface area contributed by atoms with Gasteiger partial charge in [-0.3, -0.25) is 9.97 Å². The molecule has 6 nitrogen and oxygen atoms in total. The number of benzene rings is 4. The third kappa shape index (κ3) is 13.9. The van der Waals surface area contributed by atoms with E-state index in [1.54, 1.807) is 19.5 Å². The zero-order valence-electron chi connectivity index (χ0n) is 32.7. The van der Waals surface area contributed by atoms with E-state index in [0.29, 0.717) is 0 Å². The smallest absolute Gasteiger partial charge is 0.448 e. The van der Waals surface area contributed by atoms with Crippen LogP contribution < -0.4 is 14.8 Å². The Hall–Kier alpha value is -3.81. The summed E-state index contributed by atoms with van der Waals surface area (Å²) in [6, 6.07) is 31.7. The number of nitrogens with zero attached hydrogens (tertiary/aromatic N) is 2. The zero-order valence-corrected chi connectivity index (χ0v) is 35.2. The molecule has 312 valence electrons. The van der Waals surface area contributed by atoms with Gasteiger partial charge >= 0.3 is 7.12 Å². The predicted molar refractivity (Wildman–Crippen MR) is 257 cm³/mol.